The van der Waals surface area contributed by atoms with Crippen LogP contribution in [-0.2, 0) is 9.53 Å². The molecule has 1 fully saturated rings. The molecule has 0 aromatic heterocycles. The van der Waals surface area contributed by atoms with Crippen molar-refractivity contribution >= 4 is 5.97 Å². The molecule has 6 heteroatoms. The predicted molar refractivity (Wildman–Crippen MR) is 32.5 cm³/mol. The molecule has 0 saturated carbocycles. The van der Waals surface area contributed by atoms with E-state index in [0.717, 1.165) is 0 Å². The number of aliphatic hydroxyl groups is 3. The topological polar surface area (TPSA) is 110 Å². The van der Waals surface area contributed by atoms with Crippen LogP contribution >= 0.6 is 0 Å². The highest BCUT2D eigenvalue weighted by Crippen LogP contribution is 2.22. The Bertz CT molecular complexity index is 192. The Balaban J connectivity index is 2.66. The summed E-state index contributed by atoms with van der Waals surface area (Å²) in [7, 11) is 0. The molecule has 70 valence electrons. The molecular weight excluding hydrogens is 168 g/mol. The highest BCUT2D eigenvalue weighted by molar-refractivity contribution is 5.73. The van der Waals surface area contributed by atoms with Crippen LogP contribution in [-0.4, -0.2) is 45.9 Å². The van der Waals surface area contributed by atoms with Gasteiger partial charge < -0.3 is 30.0 Å². The van der Waals surface area contributed by atoms with Gasteiger partial charge in [-0.15, -0.1) is 0 Å². The average Bonchev–Trinajstić information content (AvgIpc) is 1.97. The molecular formula is C6H9O6-. The van der Waals surface area contributed by atoms with E-state index >= 15 is 0 Å². The van der Waals surface area contributed by atoms with Crippen molar-refractivity contribution < 1.29 is 30.0 Å². The Labute approximate surface area is 68.0 Å². The lowest BCUT2D eigenvalue weighted by Gasteiger charge is -2.37. The molecule has 1 aliphatic rings. The number of carboxylic acid groups (broad SMARTS) is 1. The lowest BCUT2D eigenvalue weighted by Crippen LogP contribution is -2.58. The molecule has 1 heterocycles. The van der Waals surface area contributed by atoms with Crippen LogP contribution in [0.25, 0.3) is 0 Å². The standard InChI is InChI=1S/C6H10O6/c7-3-1-6(11,5(9)10)12-2-4(3)8/h3-4,7-8,11H,1-2H2,(H,9,10)/p-1/t3-,4-,6?/m0/s1. The Morgan fingerprint density at radius 1 is 1.50 bits per heavy atom. The Hall–Kier alpha value is -0.690. The van der Waals surface area contributed by atoms with Crippen LogP contribution in [0.1, 0.15) is 6.42 Å². The summed E-state index contributed by atoms with van der Waals surface area (Å²) in [5.74, 6) is -4.29. The predicted octanol–water partition coefficient (Wildman–Crippen LogP) is -3.43. The Kier molecular flexibility index (Phi) is 2.34. The van der Waals surface area contributed by atoms with Crippen molar-refractivity contribution in [1.82, 2.24) is 0 Å². The summed E-state index contributed by atoms with van der Waals surface area (Å²) in [4.78, 5) is 10.2. The first-order valence-corrected chi connectivity index (χ1v) is 3.39. The molecule has 1 aliphatic heterocycles. The van der Waals surface area contributed by atoms with Crippen molar-refractivity contribution in [2.45, 2.75) is 24.4 Å². The zero-order valence-electron chi connectivity index (χ0n) is 6.14. The molecule has 0 radical (unpaired) electrons. The maximum atomic E-state index is 10.2. The van der Waals surface area contributed by atoms with Gasteiger partial charge in [0.15, 0.2) is 0 Å². The number of rotatable bonds is 1. The fourth-order valence-electron chi connectivity index (χ4n) is 0.955. The van der Waals surface area contributed by atoms with Gasteiger partial charge in [0.05, 0.1) is 12.7 Å². The van der Waals surface area contributed by atoms with Crippen molar-refractivity contribution in [3.8, 4) is 0 Å². The summed E-state index contributed by atoms with van der Waals surface area (Å²) in [6.07, 6.45) is -3.05. The van der Waals surface area contributed by atoms with Gasteiger partial charge in [0.1, 0.15) is 12.1 Å². The monoisotopic (exact) mass is 177 g/mol. The highest BCUT2D eigenvalue weighted by atomic mass is 16.7. The molecule has 0 aromatic carbocycles. The van der Waals surface area contributed by atoms with E-state index in [1.54, 1.807) is 0 Å². The minimum absolute atomic E-state index is 0.425. The molecule has 6 nitrogen and oxygen atoms in total. The summed E-state index contributed by atoms with van der Waals surface area (Å²) in [5, 5.41) is 37.2. The van der Waals surface area contributed by atoms with Crippen molar-refractivity contribution in [2.24, 2.45) is 0 Å². The summed E-state index contributed by atoms with van der Waals surface area (Å²) >= 11 is 0. The van der Waals surface area contributed by atoms with Gasteiger partial charge in [-0.25, -0.2) is 0 Å². The fraction of sp³-hybridized carbons (Fsp3) is 0.833. The number of hydrogen-bond acceptors (Lipinski definition) is 6. The molecule has 1 rings (SSSR count). The zero-order valence-corrected chi connectivity index (χ0v) is 6.14. The van der Waals surface area contributed by atoms with Gasteiger partial charge in [-0.3, -0.25) is 0 Å². The second kappa shape index (κ2) is 2.98. The molecule has 1 unspecified atom stereocenters. The molecule has 1 saturated heterocycles. The van der Waals surface area contributed by atoms with Crippen LogP contribution < -0.4 is 5.11 Å². The summed E-state index contributed by atoms with van der Waals surface area (Å²) < 4.78 is 4.39. The first-order chi connectivity index (χ1) is 5.46. The van der Waals surface area contributed by atoms with E-state index in [-0.39, 0.29) is 0 Å². The Morgan fingerprint density at radius 3 is 2.50 bits per heavy atom. The lowest BCUT2D eigenvalue weighted by atomic mass is 10.0. The molecule has 0 bridgehead atoms. The fourth-order valence-corrected chi connectivity index (χ4v) is 0.955. The molecule has 3 atom stereocenters. The molecule has 0 aromatic rings. The third-order valence-electron chi connectivity index (χ3n) is 1.74. The van der Waals surface area contributed by atoms with E-state index in [1.165, 1.54) is 0 Å². The third kappa shape index (κ3) is 1.56. The number of carboxylic acids is 1. The SMILES string of the molecule is O=C([O-])C1(O)C[C@H](O)[C@@H](O)CO1. The van der Waals surface area contributed by atoms with Gasteiger partial charge >= 0.3 is 0 Å². The number of ether oxygens (including phenoxy) is 1. The maximum Gasteiger partial charge on any atom is 0.209 e. The molecule has 3 N–H and O–H groups in total. The minimum Gasteiger partial charge on any atom is -0.544 e. The molecule has 0 amide bonds. The van der Waals surface area contributed by atoms with E-state index < -0.39 is 37.0 Å². The van der Waals surface area contributed by atoms with Gasteiger partial charge in [-0.2, -0.15) is 0 Å². The van der Waals surface area contributed by atoms with E-state index in [9.17, 15) is 9.90 Å². The third-order valence-corrected chi connectivity index (χ3v) is 1.74. The van der Waals surface area contributed by atoms with Crippen molar-refractivity contribution in [1.29, 1.82) is 0 Å². The van der Waals surface area contributed by atoms with Gasteiger partial charge in [0.25, 0.3) is 0 Å². The summed E-state index contributed by atoms with van der Waals surface area (Å²) in [5.41, 5.74) is 0. The first-order valence-electron chi connectivity index (χ1n) is 3.39. The van der Waals surface area contributed by atoms with Crippen molar-refractivity contribution in [3.05, 3.63) is 0 Å². The van der Waals surface area contributed by atoms with Crippen LogP contribution in [0.2, 0.25) is 0 Å². The smallest absolute Gasteiger partial charge is 0.209 e. The van der Waals surface area contributed by atoms with E-state index in [4.69, 9.17) is 15.3 Å². The largest absolute Gasteiger partial charge is 0.544 e. The van der Waals surface area contributed by atoms with Gasteiger partial charge in [-0.05, 0) is 0 Å². The number of carbonyl (C=O) groups is 1. The molecule has 12 heavy (non-hydrogen) atoms. The van der Waals surface area contributed by atoms with E-state index in [0.29, 0.717) is 0 Å². The second-order valence-electron chi connectivity index (χ2n) is 2.72. The number of aliphatic carboxylic acids is 1. The van der Waals surface area contributed by atoms with Gasteiger partial charge in [-0.1, -0.05) is 0 Å². The summed E-state index contributed by atoms with van der Waals surface area (Å²) in [6, 6.07) is 0. The quantitative estimate of drug-likeness (QED) is 0.384. The van der Waals surface area contributed by atoms with Gasteiger partial charge in [0.2, 0.25) is 5.79 Å². The normalized spacial score (nSPS) is 42.6. The van der Waals surface area contributed by atoms with Gasteiger partial charge in [0, 0.05) is 6.42 Å². The Morgan fingerprint density at radius 2 is 2.08 bits per heavy atom. The van der Waals surface area contributed by atoms with Crippen LogP contribution in [0.5, 0.6) is 0 Å². The second-order valence-corrected chi connectivity index (χ2v) is 2.72. The van der Waals surface area contributed by atoms with E-state index in [1.807, 2.05) is 0 Å². The molecule has 0 aliphatic carbocycles. The summed E-state index contributed by atoms with van der Waals surface area (Å²) in [6.45, 7) is -0.425. The van der Waals surface area contributed by atoms with Crippen LogP contribution in [0.4, 0.5) is 0 Å². The van der Waals surface area contributed by atoms with Crippen molar-refractivity contribution in [3.63, 3.8) is 0 Å². The number of aliphatic hydroxyl groups excluding tert-OH is 2. The van der Waals surface area contributed by atoms with Crippen LogP contribution in [0, 0.1) is 0 Å². The first kappa shape index (κ1) is 9.40. The highest BCUT2D eigenvalue weighted by Gasteiger charge is 2.40. The lowest BCUT2D eigenvalue weighted by molar-refractivity contribution is -0.364. The average molecular weight is 177 g/mol. The van der Waals surface area contributed by atoms with E-state index in [2.05, 4.69) is 4.74 Å². The van der Waals surface area contributed by atoms with Crippen molar-refractivity contribution in [2.75, 3.05) is 6.61 Å². The number of hydrogen-bond donors (Lipinski definition) is 3. The minimum atomic E-state index is -2.47. The molecule has 0 spiro atoms. The maximum absolute atomic E-state index is 10.2. The van der Waals surface area contributed by atoms with Crippen LogP contribution in [0.3, 0.4) is 0 Å². The van der Waals surface area contributed by atoms with Crippen LogP contribution in [0.15, 0.2) is 0 Å². The zero-order chi connectivity index (χ0) is 9.35. The number of carbonyl (C=O) groups excluding carboxylic acids is 1.